The van der Waals surface area contributed by atoms with Crippen molar-refractivity contribution >= 4 is 27.0 Å². The van der Waals surface area contributed by atoms with Crippen molar-refractivity contribution in [2.45, 2.75) is 30.8 Å². The highest BCUT2D eigenvalue weighted by Crippen LogP contribution is 2.41. The number of aromatic nitrogens is 2. The van der Waals surface area contributed by atoms with Gasteiger partial charge in [0.2, 0.25) is 10.0 Å². The molecule has 2 aliphatic rings. The largest absolute Gasteiger partial charge is 0.483 e. The van der Waals surface area contributed by atoms with Gasteiger partial charge in [0, 0.05) is 55.9 Å². The molecule has 4 heterocycles. The highest BCUT2D eigenvalue weighted by Gasteiger charge is 2.34. The van der Waals surface area contributed by atoms with E-state index in [0.717, 1.165) is 12.0 Å². The zero-order valence-electron chi connectivity index (χ0n) is 18.6. The topological polar surface area (TPSA) is 105 Å². The predicted octanol–water partition coefficient (Wildman–Crippen LogP) is 2.19. The molecule has 2 aliphatic heterocycles. The molecule has 9 nitrogen and oxygen atoms in total. The second kappa shape index (κ2) is 8.03. The van der Waals surface area contributed by atoms with E-state index >= 15 is 0 Å². The monoisotopic (exact) mass is 470 g/mol. The summed E-state index contributed by atoms with van der Waals surface area (Å²) in [6.07, 6.45) is 3.87. The van der Waals surface area contributed by atoms with Gasteiger partial charge in [0.25, 0.3) is 5.91 Å². The maximum atomic E-state index is 13.1. The second-order valence-electron chi connectivity index (χ2n) is 8.91. The van der Waals surface area contributed by atoms with E-state index < -0.39 is 10.0 Å². The lowest BCUT2D eigenvalue weighted by atomic mass is 10.0. The van der Waals surface area contributed by atoms with Gasteiger partial charge in [-0.2, -0.15) is 4.31 Å². The lowest BCUT2D eigenvalue weighted by Crippen LogP contribution is -2.51. The Labute approximate surface area is 192 Å². The fourth-order valence-electron chi connectivity index (χ4n) is 4.39. The first-order valence-electron chi connectivity index (χ1n) is 10.9. The van der Waals surface area contributed by atoms with Crippen molar-refractivity contribution in [3.05, 3.63) is 48.3 Å². The number of benzene rings is 1. The molecule has 0 aliphatic carbocycles. The lowest BCUT2D eigenvalue weighted by molar-refractivity contribution is -0.134. The molecule has 0 radical (unpaired) electrons. The summed E-state index contributed by atoms with van der Waals surface area (Å²) in [7, 11) is -3.69. The van der Waals surface area contributed by atoms with Gasteiger partial charge in [0.05, 0.1) is 0 Å². The van der Waals surface area contributed by atoms with Crippen LogP contribution in [0, 0.1) is 0 Å². The maximum absolute atomic E-state index is 13.1. The van der Waals surface area contributed by atoms with E-state index in [0.29, 0.717) is 35.6 Å². The molecule has 0 spiro atoms. The molecule has 1 amide bonds. The van der Waals surface area contributed by atoms with Gasteiger partial charge < -0.3 is 19.4 Å². The first kappa shape index (κ1) is 21.7. The summed E-state index contributed by atoms with van der Waals surface area (Å²) in [6.45, 7) is 4.96. The summed E-state index contributed by atoms with van der Waals surface area (Å²) < 4.78 is 39.5. The molecule has 0 atom stereocenters. The van der Waals surface area contributed by atoms with E-state index in [1.165, 1.54) is 10.5 Å². The number of sulfonamides is 1. The van der Waals surface area contributed by atoms with Crippen molar-refractivity contribution in [3.63, 3.8) is 0 Å². The first-order chi connectivity index (χ1) is 15.7. The van der Waals surface area contributed by atoms with Crippen molar-refractivity contribution in [2.24, 2.45) is 0 Å². The van der Waals surface area contributed by atoms with Gasteiger partial charge in [-0.05, 0) is 32.0 Å². The minimum Gasteiger partial charge on any atom is -0.483 e. The van der Waals surface area contributed by atoms with Crippen LogP contribution in [0.1, 0.15) is 19.4 Å². The highest BCUT2D eigenvalue weighted by atomic mass is 32.2. The lowest BCUT2D eigenvalue weighted by Gasteiger charge is -2.33. The number of aromatic amines is 1. The number of nitrogens with zero attached hydrogens (tertiary/aromatic N) is 3. The van der Waals surface area contributed by atoms with Crippen LogP contribution in [0.15, 0.2) is 47.6 Å². The number of nitrogens with one attached hydrogen (secondary N) is 1. The average molecular weight is 471 g/mol. The molecule has 2 aromatic heterocycles. The minimum atomic E-state index is -3.69. The molecular weight excluding hydrogens is 444 g/mol. The predicted molar refractivity (Wildman–Crippen MR) is 122 cm³/mol. The molecule has 0 unspecified atom stereocenters. The van der Waals surface area contributed by atoms with Crippen LogP contribution in [0.4, 0.5) is 0 Å². The number of piperazine rings is 1. The standard InChI is InChI=1S/C23H26N4O5S/c1-23(2)13-16-5-3-7-18(21(16)32-23)31-15-20(28)26-9-11-27(12-10-26)33(29,30)19-14-25-22-17(19)6-4-8-24-22/h3-8,14H,9-13,15H2,1-2H3,(H,24,25). The van der Waals surface area contributed by atoms with E-state index in [-0.39, 0.29) is 36.1 Å². The van der Waals surface area contributed by atoms with Gasteiger partial charge in [0.1, 0.15) is 16.1 Å². The Bertz CT molecular complexity index is 1310. The molecule has 10 heteroatoms. The van der Waals surface area contributed by atoms with Crippen LogP contribution in [-0.4, -0.2) is 71.9 Å². The van der Waals surface area contributed by atoms with Gasteiger partial charge in [0.15, 0.2) is 18.1 Å². The quantitative estimate of drug-likeness (QED) is 0.613. The fraction of sp³-hybridized carbons (Fsp3) is 0.391. The molecule has 1 saturated heterocycles. The number of carbonyl (C=O) groups is 1. The molecule has 1 aromatic carbocycles. The molecule has 3 aromatic rings. The van der Waals surface area contributed by atoms with E-state index in [1.54, 1.807) is 29.3 Å². The second-order valence-corrected chi connectivity index (χ2v) is 10.8. The van der Waals surface area contributed by atoms with E-state index in [1.807, 2.05) is 26.0 Å². The SMILES string of the molecule is CC1(C)Cc2cccc(OCC(=O)N3CCN(S(=O)(=O)c4c[nH]c5ncccc45)CC3)c2O1. The maximum Gasteiger partial charge on any atom is 0.260 e. The van der Waals surface area contributed by atoms with Gasteiger partial charge >= 0.3 is 0 Å². The number of para-hydroxylation sites is 1. The van der Waals surface area contributed by atoms with Gasteiger partial charge in [-0.15, -0.1) is 0 Å². The Morgan fingerprint density at radius 1 is 1.18 bits per heavy atom. The number of hydrogen-bond acceptors (Lipinski definition) is 6. The Kier molecular flexibility index (Phi) is 5.29. The summed E-state index contributed by atoms with van der Waals surface area (Å²) in [5.41, 5.74) is 1.30. The normalized spacial score (nSPS) is 18.2. The van der Waals surface area contributed by atoms with Crippen molar-refractivity contribution in [2.75, 3.05) is 32.8 Å². The summed E-state index contributed by atoms with van der Waals surface area (Å²) in [6, 6.07) is 9.14. The van der Waals surface area contributed by atoms with Crippen LogP contribution in [0.3, 0.4) is 0 Å². The third-order valence-electron chi connectivity index (χ3n) is 6.03. The number of fused-ring (bicyclic) bond motifs is 2. The Hall–Kier alpha value is -3.11. The fourth-order valence-corrected chi connectivity index (χ4v) is 5.97. The summed E-state index contributed by atoms with van der Waals surface area (Å²) in [4.78, 5) is 21.6. The molecule has 1 fully saturated rings. The van der Waals surface area contributed by atoms with Crippen LogP contribution in [0.25, 0.3) is 11.0 Å². The molecule has 0 bridgehead atoms. The number of hydrogen-bond donors (Lipinski definition) is 1. The number of rotatable bonds is 5. The smallest absolute Gasteiger partial charge is 0.260 e. The third kappa shape index (κ3) is 4.04. The van der Waals surface area contributed by atoms with Crippen molar-refractivity contribution in [3.8, 4) is 11.5 Å². The number of carbonyl (C=O) groups excluding carboxylic acids is 1. The number of H-pyrrole nitrogens is 1. The number of pyridine rings is 1. The molecule has 33 heavy (non-hydrogen) atoms. The van der Waals surface area contributed by atoms with Crippen molar-refractivity contribution < 1.29 is 22.7 Å². The van der Waals surface area contributed by atoms with Crippen LogP contribution in [0.5, 0.6) is 11.5 Å². The molecule has 1 N–H and O–H groups in total. The summed E-state index contributed by atoms with van der Waals surface area (Å²) in [5, 5.41) is 0.560. The zero-order valence-corrected chi connectivity index (χ0v) is 19.4. The molecule has 5 rings (SSSR count). The zero-order chi connectivity index (χ0) is 23.2. The van der Waals surface area contributed by atoms with Crippen molar-refractivity contribution in [1.82, 2.24) is 19.2 Å². The van der Waals surface area contributed by atoms with E-state index in [2.05, 4.69) is 9.97 Å². The number of ether oxygens (including phenoxy) is 2. The van der Waals surface area contributed by atoms with Crippen LogP contribution in [-0.2, 0) is 21.2 Å². The van der Waals surface area contributed by atoms with Gasteiger partial charge in [-0.1, -0.05) is 12.1 Å². The Balaban J connectivity index is 1.21. The average Bonchev–Trinajstić information content (AvgIpc) is 3.37. The van der Waals surface area contributed by atoms with Crippen LogP contribution < -0.4 is 9.47 Å². The molecule has 174 valence electrons. The Morgan fingerprint density at radius 2 is 1.97 bits per heavy atom. The molecule has 0 saturated carbocycles. The van der Waals surface area contributed by atoms with Gasteiger partial charge in [-0.3, -0.25) is 4.79 Å². The summed E-state index contributed by atoms with van der Waals surface area (Å²) in [5.74, 6) is 1.07. The Morgan fingerprint density at radius 3 is 2.76 bits per heavy atom. The van der Waals surface area contributed by atoms with E-state index in [4.69, 9.17) is 9.47 Å². The minimum absolute atomic E-state index is 0.124. The van der Waals surface area contributed by atoms with E-state index in [9.17, 15) is 13.2 Å². The number of amides is 1. The third-order valence-corrected chi connectivity index (χ3v) is 7.97. The summed E-state index contributed by atoms with van der Waals surface area (Å²) >= 11 is 0. The van der Waals surface area contributed by atoms with Gasteiger partial charge in [-0.25, -0.2) is 13.4 Å². The highest BCUT2D eigenvalue weighted by molar-refractivity contribution is 7.89. The van der Waals surface area contributed by atoms with Crippen molar-refractivity contribution in [1.29, 1.82) is 0 Å². The first-order valence-corrected chi connectivity index (χ1v) is 12.3. The molecular formula is C23H26N4O5S. The van der Waals surface area contributed by atoms with Crippen LogP contribution >= 0.6 is 0 Å². The van der Waals surface area contributed by atoms with Crippen LogP contribution in [0.2, 0.25) is 0 Å².